The summed E-state index contributed by atoms with van der Waals surface area (Å²) in [5.41, 5.74) is 4.57. The molecule has 7 nitrogen and oxygen atoms in total. The maximum atomic E-state index is 12.7. The fourth-order valence-corrected chi connectivity index (χ4v) is 2.80. The van der Waals surface area contributed by atoms with Gasteiger partial charge in [-0.3, -0.25) is 9.78 Å². The Morgan fingerprint density at radius 3 is 2.81 bits per heavy atom. The van der Waals surface area contributed by atoms with Crippen LogP contribution in [0.5, 0.6) is 0 Å². The number of carbonyl (C=O) groups is 1. The number of aryl methyl sites for hydroxylation is 3. The smallest absolute Gasteiger partial charge is 0.252 e. The summed E-state index contributed by atoms with van der Waals surface area (Å²) in [4.78, 5) is 21.5. The number of hydrogen-bond donors (Lipinski definition) is 1. The monoisotopic (exact) mass is 354 g/mol. The van der Waals surface area contributed by atoms with Crippen LogP contribution < -0.4 is 5.32 Å². The topological polar surface area (TPSA) is 90.1 Å². The van der Waals surface area contributed by atoms with E-state index in [2.05, 4.69) is 20.4 Å². The van der Waals surface area contributed by atoms with E-state index in [1.54, 1.807) is 7.11 Å². The van der Waals surface area contributed by atoms with Gasteiger partial charge in [0, 0.05) is 31.2 Å². The molecule has 0 bridgehead atoms. The molecule has 26 heavy (non-hydrogen) atoms. The molecule has 1 amide bonds. The van der Waals surface area contributed by atoms with Crippen LogP contribution in [0, 0.1) is 20.8 Å². The van der Waals surface area contributed by atoms with Crippen molar-refractivity contribution in [2.75, 3.05) is 13.7 Å². The van der Waals surface area contributed by atoms with Crippen LogP contribution in [-0.4, -0.2) is 34.7 Å². The number of nitrogens with zero attached hydrogens (tertiary/aromatic N) is 3. The van der Waals surface area contributed by atoms with Gasteiger partial charge in [-0.05, 0) is 38.0 Å². The number of pyridine rings is 1. The highest BCUT2D eigenvalue weighted by molar-refractivity contribution is 6.07. The zero-order valence-corrected chi connectivity index (χ0v) is 15.4. The van der Waals surface area contributed by atoms with Gasteiger partial charge in [-0.1, -0.05) is 17.3 Å². The van der Waals surface area contributed by atoms with Crippen LogP contribution in [0.25, 0.3) is 10.9 Å². The van der Waals surface area contributed by atoms with Crippen molar-refractivity contribution < 1.29 is 14.1 Å². The fraction of sp³-hybridized carbons (Fsp3) is 0.368. The zero-order valence-electron chi connectivity index (χ0n) is 15.4. The van der Waals surface area contributed by atoms with Crippen molar-refractivity contribution in [2.45, 2.75) is 33.8 Å². The molecule has 1 N–H and O–H groups in total. The first-order valence-electron chi connectivity index (χ1n) is 8.45. The number of benzene rings is 1. The molecule has 0 aliphatic rings. The number of aromatic nitrogens is 3. The van der Waals surface area contributed by atoms with Crippen molar-refractivity contribution in [2.24, 2.45) is 0 Å². The van der Waals surface area contributed by atoms with Crippen LogP contribution in [0.3, 0.4) is 0 Å². The van der Waals surface area contributed by atoms with E-state index in [9.17, 15) is 4.79 Å². The van der Waals surface area contributed by atoms with Crippen molar-refractivity contribution in [3.8, 4) is 0 Å². The molecule has 3 aromatic rings. The summed E-state index contributed by atoms with van der Waals surface area (Å²) in [5.74, 6) is 0.829. The molecule has 0 atom stereocenters. The molecule has 0 aliphatic heterocycles. The van der Waals surface area contributed by atoms with Crippen molar-refractivity contribution in [1.82, 2.24) is 20.4 Å². The molecule has 0 radical (unpaired) electrons. The molecule has 7 heteroatoms. The maximum absolute atomic E-state index is 12.7. The lowest BCUT2D eigenvalue weighted by molar-refractivity contribution is 0.0955. The molecule has 136 valence electrons. The lowest BCUT2D eigenvalue weighted by Crippen LogP contribution is -2.26. The fourth-order valence-electron chi connectivity index (χ4n) is 2.80. The van der Waals surface area contributed by atoms with Crippen LogP contribution in [-0.2, 0) is 17.8 Å². The van der Waals surface area contributed by atoms with Gasteiger partial charge in [0.15, 0.2) is 5.82 Å². The van der Waals surface area contributed by atoms with Crippen LogP contribution >= 0.6 is 0 Å². The lowest BCUT2D eigenvalue weighted by atomic mass is 10.0. The highest BCUT2D eigenvalue weighted by Gasteiger charge is 2.14. The summed E-state index contributed by atoms with van der Waals surface area (Å²) in [6.07, 6.45) is 0.461. The number of rotatable bonds is 6. The number of amides is 1. The molecule has 0 fully saturated rings. The molecule has 2 heterocycles. The zero-order chi connectivity index (χ0) is 18.7. The third-order valence-corrected chi connectivity index (χ3v) is 4.29. The summed E-state index contributed by atoms with van der Waals surface area (Å²) < 4.78 is 10.1. The second-order valence-electron chi connectivity index (χ2n) is 6.26. The van der Waals surface area contributed by atoms with Gasteiger partial charge < -0.3 is 14.6 Å². The van der Waals surface area contributed by atoms with Crippen molar-refractivity contribution in [3.05, 3.63) is 52.3 Å². The summed E-state index contributed by atoms with van der Waals surface area (Å²) >= 11 is 0. The molecule has 0 aliphatic carbocycles. The number of methoxy groups -OCH3 is 1. The average molecular weight is 354 g/mol. The van der Waals surface area contributed by atoms with Crippen molar-refractivity contribution >= 4 is 16.8 Å². The SMILES string of the molecule is COCc1noc(CCNC(=O)c2cc(C)nc3c(C)c(C)ccc23)n1. The Balaban J connectivity index is 1.74. The Hall–Kier alpha value is -2.80. The number of nitrogens with one attached hydrogen (secondary N) is 1. The molecular weight excluding hydrogens is 332 g/mol. The third-order valence-electron chi connectivity index (χ3n) is 4.29. The number of carbonyl (C=O) groups excluding carboxylic acids is 1. The van der Waals surface area contributed by atoms with E-state index in [1.165, 1.54) is 0 Å². The van der Waals surface area contributed by atoms with Gasteiger partial charge >= 0.3 is 0 Å². The Morgan fingerprint density at radius 2 is 2.04 bits per heavy atom. The van der Waals surface area contributed by atoms with E-state index in [0.29, 0.717) is 36.9 Å². The molecule has 1 aromatic carbocycles. The first-order chi connectivity index (χ1) is 12.5. The molecule has 0 unspecified atom stereocenters. The van der Waals surface area contributed by atoms with E-state index in [1.807, 2.05) is 39.0 Å². The van der Waals surface area contributed by atoms with Crippen LogP contribution in [0.4, 0.5) is 0 Å². The molecule has 0 saturated heterocycles. The summed E-state index contributed by atoms with van der Waals surface area (Å²) in [5, 5.41) is 7.57. The average Bonchev–Trinajstić information content (AvgIpc) is 3.05. The van der Waals surface area contributed by atoms with Crippen LogP contribution in [0.2, 0.25) is 0 Å². The Kier molecular flexibility index (Phi) is 5.27. The summed E-state index contributed by atoms with van der Waals surface area (Å²) in [7, 11) is 1.57. The van der Waals surface area contributed by atoms with E-state index in [4.69, 9.17) is 9.26 Å². The van der Waals surface area contributed by atoms with E-state index in [0.717, 1.165) is 27.7 Å². The minimum Gasteiger partial charge on any atom is -0.377 e. The van der Waals surface area contributed by atoms with Gasteiger partial charge in [-0.15, -0.1) is 0 Å². The van der Waals surface area contributed by atoms with Gasteiger partial charge in [0.2, 0.25) is 5.89 Å². The highest BCUT2D eigenvalue weighted by Crippen LogP contribution is 2.23. The van der Waals surface area contributed by atoms with Crippen molar-refractivity contribution in [3.63, 3.8) is 0 Å². The Morgan fingerprint density at radius 1 is 1.23 bits per heavy atom. The molecule has 3 rings (SSSR count). The van der Waals surface area contributed by atoms with Crippen molar-refractivity contribution in [1.29, 1.82) is 0 Å². The predicted molar refractivity (Wildman–Crippen MR) is 97.0 cm³/mol. The summed E-state index contributed by atoms with van der Waals surface area (Å²) in [6, 6.07) is 5.78. The Bertz CT molecular complexity index is 949. The number of fused-ring (bicyclic) bond motifs is 1. The van der Waals surface area contributed by atoms with E-state index < -0.39 is 0 Å². The normalized spacial score (nSPS) is 11.1. The third kappa shape index (κ3) is 3.72. The minimum absolute atomic E-state index is 0.139. The van der Waals surface area contributed by atoms with Gasteiger partial charge in [0.25, 0.3) is 5.91 Å². The largest absolute Gasteiger partial charge is 0.377 e. The van der Waals surface area contributed by atoms with Gasteiger partial charge in [0.05, 0.1) is 11.1 Å². The maximum Gasteiger partial charge on any atom is 0.252 e. The Labute approximate surface area is 151 Å². The second kappa shape index (κ2) is 7.61. The minimum atomic E-state index is -0.139. The quantitative estimate of drug-likeness (QED) is 0.732. The molecule has 0 spiro atoms. The van der Waals surface area contributed by atoms with Gasteiger partial charge in [-0.25, -0.2) is 0 Å². The predicted octanol–water partition coefficient (Wildman–Crippen LogP) is 2.66. The van der Waals surface area contributed by atoms with Crippen LogP contribution in [0.1, 0.15) is 38.9 Å². The molecule has 0 saturated carbocycles. The van der Waals surface area contributed by atoms with Crippen LogP contribution in [0.15, 0.2) is 22.7 Å². The first kappa shape index (κ1) is 18.0. The second-order valence-corrected chi connectivity index (χ2v) is 6.26. The number of hydrogen-bond acceptors (Lipinski definition) is 6. The molecule has 2 aromatic heterocycles. The van der Waals surface area contributed by atoms with E-state index >= 15 is 0 Å². The van der Waals surface area contributed by atoms with Gasteiger partial charge in [-0.2, -0.15) is 4.98 Å². The van der Waals surface area contributed by atoms with Gasteiger partial charge in [0.1, 0.15) is 6.61 Å². The first-order valence-corrected chi connectivity index (χ1v) is 8.45. The highest BCUT2D eigenvalue weighted by atomic mass is 16.5. The lowest BCUT2D eigenvalue weighted by Gasteiger charge is -2.11. The molecular formula is C19H22N4O3. The number of ether oxygens (including phenoxy) is 1. The summed E-state index contributed by atoms with van der Waals surface area (Å²) in [6.45, 7) is 6.67. The standard InChI is InChI=1S/C19H22N4O3/c1-11-5-6-14-15(9-12(2)21-18(14)13(11)3)19(24)20-8-7-17-22-16(10-25-4)23-26-17/h5-6,9H,7-8,10H2,1-4H3,(H,20,24). The van der Waals surface area contributed by atoms with E-state index in [-0.39, 0.29) is 5.91 Å².